The van der Waals surface area contributed by atoms with Gasteiger partial charge in [-0.1, -0.05) is 42.5 Å². The zero-order valence-electron chi connectivity index (χ0n) is 13.7. The fraction of sp³-hybridized carbons (Fsp3) is 0.556. The zero-order chi connectivity index (χ0) is 15.6. The molecule has 22 heavy (non-hydrogen) atoms. The van der Waals surface area contributed by atoms with Crippen molar-refractivity contribution in [1.29, 1.82) is 0 Å². The smallest absolute Gasteiger partial charge is 0.184 e. The minimum Gasteiger partial charge on any atom is -0.414 e. The van der Waals surface area contributed by atoms with Crippen molar-refractivity contribution < 1.29 is 4.43 Å². The normalized spacial score (nSPS) is 28.0. The molecular weight excluding hydrogens is 324 g/mol. The molecule has 2 fully saturated rings. The Hall–Kier alpha value is -0.163. The summed E-state index contributed by atoms with van der Waals surface area (Å²) >= 11 is 4.34. The Bertz CT molecular complexity index is 518. The lowest BCUT2D eigenvalue weighted by Gasteiger charge is -2.55. The summed E-state index contributed by atoms with van der Waals surface area (Å²) in [5.41, 5.74) is 1.29. The Morgan fingerprint density at radius 3 is 2.45 bits per heavy atom. The second-order valence-corrected chi connectivity index (χ2v) is 14.7. The number of thioether (sulfide) groups is 2. The highest BCUT2D eigenvalue weighted by Gasteiger charge is 2.55. The van der Waals surface area contributed by atoms with Crippen molar-refractivity contribution in [3.05, 3.63) is 42.0 Å². The highest BCUT2D eigenvalue weighted by Crippen LogP contribution is 2.60. The van der Waals surface area contributed by atoms with E-state index in [0.717, 1.165) is 0 Å². The molecule has 0 radical (unpaired) electrons. The first-order valence-corrected chi connectivity index (χ1v) is 13.6. The Morgan fingerprint density at radius 1 is 1.14 bits per heavy atom. The third kappa shape index (κ3) is 3.84. The van der Waals surface area contributed by atoms with E-state index in [1.807, 2.05) is 0 Å². The van der Waals surface area contributed by atoms with Crippen LogP contribution in [0, 0.1) is 5.92 Å². The molecule has 1 saturated heterocycles. The monoisotopic (exact) mass is 350 g/mol. The summed E-state index contributed by atoms with van der Waals surface area (Å²) < 4.78 is 6.85. The van der Waals surface area contributed by atoms with Crippen LogP contribution in [0.5, 0.6) is 0 Å². The molecule has 0 amide bonds. The van der Waals surface area contributed by atoms with Crippen LogP contribution < -0.4 is 0 Å². The molecule has 0 N–H and O–H groups in total. The van der Waals surface area contributed by atoms with Crippen molar-refractivity contribution in [2.24, 2.45) is 5.92 Å². The minimum absolute atomic E-state index is 0.383. The summed E-state index contributed by atoms with van der Waals surface area (Å²) in [6, 6.07) is 10.6. The van der Waals surface area contributed by atoms with E-state index < -0.39 is 8.32 Å². The van der Waals surface area contributed by atoms with Gasteiger partial charge in [0.2, 0.25) is 0 Å². The van der Waals surface area contributed by atoms with Gasteiger partial charge < -0.3 is 4.43 Å². The molecule has 1 spiro atoms. The molecule has 3 rings (SSSR count). The molecule has 1 aromatic rings. The standard InChI is InChI=1S/C18H26OS2Si/c1-22(2,3)19-17-14-18(20-12-7-13-21-18)16(17)11-10-15-8-5-4-6-9-15/h4-6,8-11,16-17H,7,12-14H2,1-3H3/b11-10-/t16-,17-/m0/s1. The molecule has 1 aromatic carbocycles. The van der Waals surface area contributed by atoms with E-state index >= 15 is 0 Å². The van der Waals surface area contributed by atoms with Crippen LogP contribution in [-0.4, -0.2) is 30.0 Å². The van der Waals surface area contributed by atoms with Crippen LogP contribution in [0.15, 0.2) is 36.4 Å². The fourth-order valence-corrected chi connectivity index (χ4v) is 8.02. The molecule has 1 saturated carbocycles. The van der Waals surface area contributed by atoms with Crippen molar-refractivity contribution in [2.75, 3.05) is 11.5 Å². The van der Waals surface area contributed by atoms with Gasteiger partial charge in [-0.15, -0.1) is 23.5 Å². The third-order valence-electron chi connectivity index (χ3n) is 4.18. The van der Waals surface area contributed by atoms with E-state index in [4.69, 9.17) is 4.43 Å². The fourth-order valence-electron chi connectivity index (χ4n) is 3.19. The lowest BCUT2D eigenvalue weighted by atomic mass is 9.80. The molecule has 1 heterocycles. The zero-order valence-corrected chi connectivity index (χ0v) is 16.4. The van der Waals surface area contributed by atoms with Crippen LogP contribution in [0.3, 0.4) is 0 Å². The van der Waals surface area contributed by atoms with E-state index in [0.29, 0.717) is 16.1 Å². The summed E-state index contributed by atoms with van der Waals surface area (Å²) in [5.74, 6) is 3.17. The van der Waals surface area contributed by atoms with Gasteiger partial charge in [0.05, 0.1) is 10.2 Å². The average Bonchev–Trinajstić information content (AvgIpc) is 2.47. The Labute approximate surface area is 144 Å². The van der Waals surface area contributed by atoms with E-state index in [2.05, 4.69) is 85.6 Å². The van der Waals surface area contributed by atoms with Gasteiger partial charge in [0.25, 0.3) is 0 Å². The Kier molecular flexibility index (Phi) is 5.12. The van der Waals surface area contributed by atoms with Crippen LogP contribution in [0.1, 0.15) is 18.4 Å². The minimum atomic E-state index is -1.47. The molecule has 1 aliphatic heterocycles. The van der Waals surface area contributed by atoms with Gasteiger partial charge in [-0.25, -0.2) is 0 Å². The van der Waals surface area contributed by atoms with Crippen molar-refractivity contribution in [1.82, 2.24) is 0 Å². The maximum Gasteiger partial charge on any atom is 0.184 e. The molecule has 120 valence electrons. The predicted molar refractivity (Wildman–Crippen MR) is 104 cm³/mol. The van der Waals surface area contributed by atoms with E-state index in [1.54, 1.807) is 0 Å². The van der Waals surface area contributed by atoms with Gasteiger partial charge in [0, 0.05) is 5.92 Å². The summed E-state index contributed by atoms with van der Waals surface area (Å²) in [4.78, 5) is 0. The SMILES string of the molecule is C[Si](C)(C)O[C@H]1CC2(SCCCS2)[C@H]1/C=C\c1ccccc1. The Morgan fingerprint density at radius 2 is 1.82 bits per heavy atom. The lowest BCUT2D eigenvalue weighted by Crippen LogP contribution is -2.56. The average molecular weight is 351 g/mol. The largest absolute Gasteiger partial charge is 0.414 e. The van der Waals surface area contributed by atoms with Crippen molar-refractivity contribution >= 4 is 37.9 Å². The van der Waals surface area contributed by atoms with Gasteiger partial charge in [-0.2, -0.15) is 0 Å². The number of rotatable bonds is 4. The van der Waals surface area contributed by atoms with Gasteiger partial charge in [0.15, 0.2) is 8.32 Å². The number of hydrogen-bond acceptors (Lipinski definition) is 3. The van der Waals surface area contributed by atoms with Gasteiger partial charge >= 0.3 is 0 Å². The quantitative estimate of drug-likeness (QED) is 0.663. The van der Waals surface area contributed by atoms with Crippen LogP contribution in [0.25, 0.3) is 6.08 Å². The van der Waals surface area contributed by atoms with E-state index in [9.17, 15) is 0 Å². The highest BCUT2D eigenvalue weighted by molar-refractivity contribution is 8.18. The van der Waals surface area contributed by atoms with Crippen LogP contribution in [0.2, 0.25) is 19.6 Å². The first kappa shape index (κ1) is 16.7. The number of benzene rings is 1. The van der Waals surface area contributed by atoms with Crippen molar-refractivity contribution in [3.8, 4) is 0 Å². The van der Waals surface area contributed by atoms with Gasteiger partial charge in [-0.05, 0) is 49.6 Å². The Balaban J connectivity index is 1.76. The second-order valence-electron chi connectivity index (χ2n) is 7.13. The van der Waals surface area contributed by atoms with E-state index in [-0.39, 0.29) is 0 Å². The van der Waals surface area contributed by atoms with Crippen LogP contribution >= 0.6 is 23.5 Å². The maximum absolute atomic E-state index is 6.46. The predicted octanol–water partition coefficient (Wildman–Crippen LogP) is 5.51. The summed E-state index contributed by atoms with van der Waals surface area (Å²) in [6.07, 6.45) is 7.71. The summed E-state index contributed by atoms with van der Waals surface area (Å²) in [7, 11) is -1.47. The summed E-state index contributed by atoms with van der Waals surface area (Å²) in [6.45, 7) is 6.91. The molecule has 0 aromatic heterocycles. The van der Waals surface area contributed by atoms with Gasteiger partial charge in [-0.3, -0.25) is 0 Å². The third-order valence-corrected chi connectivity index (χ3v) is 8.73. The topological polar surface area (TPSA) is 9.23 Å². The molecule has 0 bridgehead atoms. The molecule has 2 aliphatic rings. The molecule has 1 nitrogen and oxygen atoms in total. The lowest BCUT2D eigenvalue weighted by molar-refractivity contribution is 0.0625. The molecular formula is C18H26OS2Si. The van der Waals surface area contributed by atoms with Crippen molar-refractivity contribution in [3.63, 3.8) is 0 Å². The first-order chi connectivity index (χ1) is 10.5. The van der Waals surface area contributed by atoms with Crippen molar-refractivity contribution in [2.45, 2.75) is 42.7 Å². The maximum atomic E-state index is 6.46. The van der Waals surface area contributed by atoms with E-state index in [1.165, 1.54) is 29.9 Å². The molecule has 1 aliphatic carbocycles. The molecule has 0 unspecified atom stereocenters. The first-order valence-electron chi connectivity index (χ1n) is 8.18. The second kappa shape index (κ2) is 6.76. The number of hydrogen-bond donors (Lipinski definition) is 0. The highest BCUT2D eigenvalue weighted by atomic mass is 32.2. The van der Waals surface area contributed by atoms with Crippen LogP contribution in [-0.2, 0) is 4.43 Å². The molecule has 2 atom stereocenters. The summed E-state index contributed by atoms with van der Waals surface area (Å²) in [5, 5.41) is 0. The van der Waals surface area contributed by atoms with Crippen LogP contribution in [0.4, 0.5) is 0 Å². The molecule has 4 heteroatoms. The van der Waals surface area contributed by atoms with Gasteiger partial charge in [0.1, 0.15) is 0 Å².